The first kappa shape index (κ1) is 13.1. The molecule has 0 bridgehead atoms. The van der Waals surface area contributed by atoms with Gasteiger partial charge in [0.05, 0.1) is 9.48 Å². The van der Waals surface area contributed by atoms with Crippen LogP contribution in [0.25, 0.3) is 0 Å². The van der Waals surface area contributed by atoms with Gasteiger partial charge in [-0.2, -0.15) is 10.4 Å². The van der Waals surface area contributed by atoms with Crippen LogP contribution in [0, 0.1) is 18.3 Å². The van der Waals surface area contributed by atoms with Crippen molar-refractivity contribution < 1.29 is 0 Å². The Labute approximate surface area is 118 Å². The van der Waals surface area contributed by atoms with Gasteiger partial charge >= 0.3 is 0 Å². The third kappa shape index (κ3) is 2.74. The molecule has 0 spiro atoms. The minimum absolute atomic E-state index is 0.630. The fourth-order valence-electron chi connectivity index (χ4n) is 1.79. The summed E-state index contributed by atoms with van der Waals surface area (Å²) in [6.07, 6.45) is 0.936. The molecule has 0 saturated carbocycles. The lowest BCUT2D eigenvalue weighted by Gasteiger charge is -2.05. The Hall–Kier alpha value is -1.32. The standard InChI is InChI=1S/C12H13BrN4S/c1-8-10(7-14)12(17(2)16-8)15-6-5-9-3-4-11(13)18-9/h3-4,15H,5-6H2,1-2H3. The summed E-state index contributed by atoms with van der Waals surface area (Å²) in [5.41, 5.74) is 1.39. The molecule has 94 valence electrons. The summed E-state index contributed by atoms with van der Waals surface area (Å²) in [5.74, 6) is 0.797. The summed E-state index contributed by atoms with van der Waals surface area (Å²) in [6.45, 7) is 2.64. The lowest BCUT2D eigenvalue weighted by Crippen LogP contribution is -2.09. The fourth-order valence-corrected chi connectivity index (χ4v) is 3.27. The van der Waals surface area contributed by atoms with Gasteiger partial charge < -0.3 is 5.32 Å². The largest absolute Gasteiger partial charge is 0.369 e. The van der Waals surface area contributed by atoms with Gasteiger partial charge in [-0.1, -0.05) is 0 Å². The van der Waals surface area contributed by atoms with Crippen LogP contribution in [0.1, 0.15) is 16.1 Å². The zero-order valence-electron chi connectivity index (χ0n) is 10.2. The van der Waals surface area contributed by atoms with Crippen molar-refractivity contribution in [1.82, 2.24) is 9.78 Å². The van der Waals surface area contributed by atoms with Gasteiger partial charge in [-0.3, -0.25) is 4.68 Å². The number of rotatable bonds is 4. The number of halogens is 1. The summed E-state index contributed by atoms with van der Waals surface area (Å²) in [5, 5.41) is 16.6. The third-order valence-electron chi connectivity index (χ3n) is 2.63. The van der Waals surface area contributed by atoms with Gasteiger partial charge in [0, 0.05) is 18.5 Å². The molecule has 0 atom stereocenters. The Morgan fingerprint density at radius 2 is 2.33 bits per heavy atom. The molecule has 2 heterocycles. The maximum Gasteiger partial charge on any atom is 0.142 e. The van der Waals surface area contributed by atoms with E-state index in [0.717, 1.165) is 28.3 Å². The highest BCUT2D eigenvalue weighted by Crippen LogP contribution is 2.23. The number of aryl methyl sites for hydroxylation is 2. The first-order valence-corrected chi connectivity index (χ1v) is 7.14. The molecular weight excluding hydrogens is 312 g/mol. The highest BCUT2D eigenvalue weighted by atomic mass is 79.9. The first-order valence-electron chi connectivity index (χ1n) is 5.53. The zero-order chi connectivity index (χ0) is 13.1. The molecule has 0 fully saturated rings. The number of hydrogen-bond donors (Lipinski definition) is 1. The Morgan fingerprint density at radius 1 is 1.56 bits per heavy atom. The van der Waals surface area contributed by atoms with E-state index in [4.69, 9.17) is 5.26 Å². The van der Waals surface area contributed by atoms with Crippen LogP contribution in [0.15, 0.2) is 15.9 Å². The number of nitrogens with one attached hydrogen (secondary N) is 1. The summed E-state index contributed by atoms with van der Waals surface area (Å²) in [7, 11) is 1.85. The van der Waals surface area contributed by atoms with Crippen LogP contribution in [0.4, 0.5) is 5.82 Å². The highest BCUT2D eigenvalue weighted by Gasteiger charge is 2.11. The predicted octanol–water partition coefficient (Wildman–Crippen LogP) is 3.08. The second-order valence-electron chi connectivity index (χ2n) is 3.93. The van der Waals surface area contributed by atoms with Gasteiger partial charge in [0.15, 0.2) is 0 Å². The molecule has 0 aliphatic heterocycles. The summed E-state index contributed by atoms with van der Waals surface area (Å²) in [6, 6.07) is 6.34. The summed E-state index contributed by atoms with van der Waals surface area (Å²) in [4.78, 5) is 1.31. The molecule has 2 aromatic heterocycles. The van der Waals surface area contributed by atoms with Gasteiger partial charge in [-0.15, -0.1) is 11.3 Å². The number of nitrogens with zero attached hydrogens (tertiary/aromatic N) is 3. The molecule has 1 N–H and O–H groups in total. The molecule has 0 saturated heterocycles. The average Bonchev–Trinajstić information content (AvgIpc) is 2.84. The fraction of sp³-hybridized carbons (Fsp3) is 0.333. The van der Waals surface area contributed by atoms with E-state index in [9.17, 15) is 0 Å². The van der Waals surface area contributed by atoms with E-state index in [0.29, 0.717) is 5.56 Å². The Bertz CT molecular complexity index is 594. The number of hydrogen-bond acceptors (Lipinski definition) is 4. The lowest BCUT2D eigenvalue weighted by molar-refractivity contribution is 0.757. The molecule has 0 aromatic carbocycles. The van der Waals surface area contributed by atoms with Crippen molar-refractivity contribution in [3.63, 3.8) is 0 Å². The van der Waals surface area contributed by atoms with E-state index in [1.54, 1.807) is 16.0 Å². The van der Waals surface area contributed by atoms with Crippen molar-refractivity contribution in [3.8, 4) is 6.07 Å². The van der Waals surface area contributed by atoms with Crippen LogP contribution in [0.3, 0.4) is 0 Å². The number of aromatic nitrogens is 2. The Morgan fingerprint density at radius 3 is 2.94 bits per heavy atom. The SMILES string of the molecule is Cc1nn(C)c(NCCc2ccc(Br)s2)c1C#N. The minimum atomic E-state index is 0.630. The van der Waals surface area contributed by atoms with Crippen molar-refractivity contribution in [2.75, 3.05) is 11.9 Å². The summed E-state index contributed by atoms with van der Waals surface area (Å²) >= 11 is 5.18. The van der Waals surface area contributed by atoms with Gasteiger partial charge in [-0.05, 0) is 41.4 Å². The van der Waals surface area contributed by atoms with Crippen molar-refractivity contribution in [2.24, 2.45) is 7.05 Å². The van der Waals surface area contributed by atoms with E-state index in [-0.39, 0.29) is 0 Å². The molecule has 0 aliphatic rings. The third-order valence-corrected chi connectivity index (χ3v) is 4.31. The maximum atomic E-state index is 9.08. The Balaban J connectivity index is 2.01. The predicted molar refractivity (Wildman–Crippen MR) is 76.9 cm³/mol. The van der Waals surface area contributed by atoms with Crippen LogP contribution >= 0.6 is 27.3 Å². The van der Waals surface area contributed by atoms with E-state index < -0.39 is 0 Å². The number of anilines is 1. The average molecular weight is 325 g/mol. The van der Waals surface area contributed by atoms with Gasteiger partial charge in [0.25, 0.3) is 0 Å². The molecule has 0 radical (unpaired) electrons. The zero-order valence-corrected chi connectivity index (χ0v) is 12.6. The monoisotopic (exact) mass is 324 g/mol. The second kappa shape index (κ2) is 5.55. The molecule has 2 aromatic rings. The molecular formula is C12H13BrN4S. The van der Waals surface area contributed by atoms with Crippen LogP contribution in [0.2, 0.25) is 0 Å². The van der Waals surface area contributed by atoms with E-state index in [1.165, 1.54) is 4.88 Å². The van der Waals surface area contributed by atoms with Crippen LogP contribution in [-0.4, -0.2) is 16.3 Å². The van der Waals surface area contributed by atoms with Crippen molar-refractivity contribution in [1.29, 1.82) is 5.26 Å². The van der Waals surface area contributed by atoms with Crippen molar-refractivity contribution >= 4 is 33.1 Å². The maximum absolute atomic E-state index is 9.08. The van der Waals surface area contributed by atoms with Crippen LogP contribution in [0.5, 0.6) is 0 Å². The molecule has 6 heteroatoms. The molecule has 0 unspecified atom stereocenters. The quantitative estimate of drug-likeness (QED) is 0.940. The second-order valence-corrected chi connectivity index (χ2v) is 6.47. The van der Waals surface area contributed by atoms with Crippen molar-refractivity contribution in [3.05, 3.63) is 32.1 Å². The number of thiophene rings is 1. The van der Waals surface area contributed by atoms with Gasteiger partial charge in [-0.25, -0.2) is 0 Å². The van der Waals surface area contributed by atoms with Crippen LogP contribution in [-0.2, 0) is 13.5 Å². The van der Waals surface area contributed by atoms with E-state index in [1.807, 2.05) is 14.0 Å². The minimum Gasteiger partial charge on any atom is -0.369 e. The molecule has 18 heavy (non-hydrogen) atoms. The first-order chi connectivity index (χ1) is 8.61. The summed E-state index contributed by atoms with van der Waals surface area (Å²) < 4.78 is 2.87. The number of nitriles is 1. The van der Waals surface area contributed by atoms with Gasteiger partial charge in [0.1, 0.15) is 17.5 Å². The molecule has 0 amide bonds. The molecule has 0 aliphatic carbocycles. The normalized spacial score (nSPS) is 10.3. The van der Waals surface area contributed by atoms with Crippen molar-refractivity contribution in [2.45, 2.75) is 13.3 Å². The Kier molecular flexibility index (Phi) is 4.04. The molecule has 2 rings (SSSR count). The molecule has 4 nitrogen and oxygen atoms in total. The van der Waals surface area contributed by atoms with Crippen LogP contribution < -0.4 is 5.32 Å². The lowest BCUT2D eigenvalue weighted by atomic mass is 10.2. The smallest absolute Gasteiger partial charge is 0.142 e. The van der Waals surface area contributed by atoms with Gasteiger partial charge in [0.2, 0.25) is 0 Å². The topological polar surface area (TPSA) is 53.6 Å². The van der Waals surface area contributed by atoms with E-state index in [2.05, 4.69) is 44.5 Å². The van der Waals surface area contributed by atoms with E-state index >= 15 is 0 Å². The highest BCUT2D eigenvalue weighted by molar-refractivity contribution is 9.11.